The average Bonchev–Trinajstić information content (AvgIpc) is 2.92. The van der Waals surface area contributed by atoms with Crippen LogP contribution in [0, 0.1) is 5.95 Å². The summed E-state index contributed by atoms with van der Waals surface area (Å²) in [7, 11) is 0. The molecular weight excluding hydrogens is 316 g/mol. The number of oxime groups is 1. The lowest BCUT2D eigenvalue weighted by Crippen LogP contribution is -2.45. The Morgan fingerprint density at radius 3 is 2.30 bits per heavy atom. The van der Waals surface area contributed by atoms with Crippen LogP contribution < -0.4 is 0 Å². The second kappa shape index (κ2) is 5.31. The Hall–Kier alpha value is -2.48. The minimum absolute atomic E-state index is 0.0389. The number of nitrogens with zero attached hydrogens (tertiary/aromatic N) is 2. The van der Waals surface area contributed by atoms with Crippen molar-refractivity contribution in [3.63, 3.8) is 0 Å². The summed E-state index contributed by atoms with van der Waals surface area (Å²) < 4.78 is 51.6. The maximum Gasteiger partial charge on any atom is 0.458 e. The first-order chi connectivity index (χ1) is 10.8. The Morgan fingerprint density at radius 1 is 1.09 bits per heavy atom. The molecular formula is C15H10F4N2O2. The molecule has 1 aromatic heterocycles. The van der Waals surface area contributed by atoms with Crippen LogP contribution in [0.2, 0.25) is 0 Å². The van der Waals surface area contributed by atoms with Crippen LogP contribution in [0.1, 0.15) is 12.0 Å². The second-order valence-electron chi connectivity index (χ2n) is 5.01. The van der Waals surface area contributed by atoms with Gasteiger partial charge in [-0.3, -0.25) is 0 Å². The van der Waals surface area contributed by atoms with Gasteiger partial charge in [0.25, 0.3) is 0 Å². The van der Waals surface area contributed by atoms with E-state index in [0.29, 0.717) is 11.1 Å². The van der Waals surface area contributed by atoms with Crippen molar-refractivity contribution in [1.82, 2.24) is 4.98 Å². The summed E-state index contributed by atoms with van der Waals surface area (Å²) in [6.07, 6.45) is -4.44. The molecule has 0 aliphatic carbocycles. The van der Waals surface area contributed by atoms with Gasteiger partial charge in [-0.2, -0.15) is 17.6 Å². The van der Waals surface area contributed by atoms with Gasteiger partial charge in [0.05, 0.1) is 12.1 Å². The first kappa shape index (κ1) is 15.4. The van der Waals surface area contributed by atoms with Gasteiger partial charge in [0, 0.05) is 11.8 Å². The van der Waals surface area contributed by atoms with Gasteiger partial charge in [-0.25, -0.2) is 4.98 Å². The number of hydrogen-bond donors (Lipinski definition) is 1. The third-order valence-electron chi connectivity index (χ3n) is 3.45. The van der Waals surface area contributed by atoms with Crippen molar-refractivity contribution in [2.75, 3.05) is 0 Å². The molecule has 1 unspecified atom stereocenters. The molecule has 8 heteroatoms. The van der Waals surface area contributed by atoms with Crippen molar-refractivity contribution in [2.45, 2.75) is 18.4 Å². The topological polar surface area (TPSA) is 54.7 Å². The standard InChI is InChI=1S/C15H10F4N2O2/c16-13-11(2-1-7-20-13)9-3-5-10(6-4-9)12-8-14(22,23-21-12)15(17,18)19/h1-7,22H,8H2. The summed E-state index contributed by atoms with van der Waals surface area (Å²) in [5, 5.41) is 12.7. The summed E-state index contributed by atoms with van der Waals surface area (Å²) in [4.78, 5) is 7.69. The van der Waals surface area contributed by atoms with Crippen LogP contribution in [0.4, 0.5) is 17.6 Å². The number of alkyl halides is 3. The molecule has 0 saturated carbocycles. The van der Waals surface area contributed by atoms with Crippen LogP contribution in [0.15, 0.2) is 47.8 Å². The van der Waals surface area contributed by atoms with Gasteiger partial charge in [-0.15, -0.1) is 0 Å². The maximum atomic E-state index is 13.6. The van der Waals surface area contributed by atoms with Crippen LogP contribution in [0.3, 0.4) is 0 Å². The molecule has 0 bridgehead atoms. The molecule has 2 heterocycles. The highest BCUT2D eigenvalue weighted by atomic mass is 19.4. The van der Waals surface area contributed by atoms with Crippen LogP contribution in [0.5, 0.6) is 0 Å². The number of rotatable bonds is 2. The Balaban J connectivity index is 1.83. The molecule has 1 aromatic carbocycles. The molecule has 1 aliphatic rings. The molecule has 1 atom stereocenters. The molecule has 0 fully saturated rings. The Labute approximate surface area is 128 Å². The van der Waals surface area contributed by atoms with Crippen molar-refractivity contribution in [2.24, 2.45) is 5.16 Å². The summed E-state index contributed by atoms with van der Waals surface area (Å²) >= 11 is 0. The lowest BCUT2D eigenvalue weighted by atomic mass is 9.99. The monoisotopic (exact) mass is 326 g/mol. The van der Waals surface area contributed by atoms with Gasteiger partial charge in [0.15, 0.2) is 0 Å². The molecule has 0 amide bonds. The molecule has 1 aliphatic heterocycles. The number of benzene rings is 1. The smallest absolute Gasteiger partial charge is 0.350 e. The number of aromatic nitrogens is 1. The summed E-state index contributed by atoms with van der Waals surface area (Å²) in [5.41, 5.74) is 1.10. The molecule has 2 aromatic rings. The Bertz CT molecular complexity index is 759. The highest BCUT2D eigenvalue weighted by Gasteiger charge is 2.60. The minimum atomic E-state index is -4.95. The fraction of sp³-hybridized carbons (Fsp3) is 0.200. The fourth-order valence-corrected chi connectivity index (χ4v) is 2.17. The van der Waals surface area contributed by atoms with E-state index in [4.69, 9.17) is 0 Å². The lowest BCUT2D eigenvalue weighted by Gasteiger charge is -2.22. The van der Waals surface area contributed by atoms with Gasteiger partial charge in [0.2, 0.25) is 5.95 Å². The van der Waals surface area contributed by atoms with Crippen molar-refractivity contribution in [3.8, 4) is 11.1 Å². The number of pyridine rings is 1. The molecule has 23 heavy (non-hydrogen) atoms. The second-order valence-corrected chi connectivity index (χ2v) is 5.01. The summed E-state index contributed by atoms with van der Waals surface area (Å²) in [5.74, 6) is -3.95. The fourth-order valence-electron chi connectivity index (χ4n) is 2.17. The molecule has 120 valence electrons. The number of halogens is 4. The van der Waals surface area contributed by atoms with Crippen LogP contribution in [-0.2, 0) is 4.84 Å². The Kier molecular flexibility index (Phi) is 3.56. The zero-order chi connectivity index (χ0) is 16.7. The normalized spacial score (nSPS) is 21.0. The van der Waals surface area contributed by atoms with E-state index < -0.39 is 24.3 Å². The van der Waals surface area contributed by atoms with Gasteiger partial charge in [-0.05, 0) is 23.3 Å². The molecule has 0 spiro atoms. The molecule has 3 rings (SSSR count). The highest BCUT2D eigenvalue weighted by Crippen LogP contribution is 2.39. The maximum absolute atomic E-state index is 13.6. The molecule has 4 nitrogen and oxygen atoms in total. The molecule has 0 saturated heterocycles. The average molecular weight is 326 g/mol. The largest absolute Gasteiger partial charge is 0.458 e. The zero-order valence-electron chi connectivity index (χ0n) is 11.5. The van der Waals surface area contributed by atoms with E-state index in [0.717, 1.165) is 0 Å². The highest BCUT2D eigenvalue weighted by molar-refractivity contribution is 6.01. The first-order valence-corrected chi connectivity index (χ1v) is 6.56. The SMILES string of the molecule is OC1(C(F)(F)F)CC(c2ccc(-c3cccnc3F)cc2)=NO1. The molecule has 1 N–H and O–H groups in total. The van der Waals surface area contributed by atoms with Crippen molar-refractivity contribution in [1.29, 1.82) is 0 Å². The van der Waals surface area contributed by atoms with Gasteiger partial charge >= 0.3 is 12.0 Å². The van der Waals surface area contributed by atoms with E-state index in [-0.39, 0.29) is 11.3 Å². The van der Waals surface area contributed by atoms with Crippen LogP contribution >= 0.6 is 0 Å². The third kappa shape index (κ3) is 2.77. The number of aliphatic hydroxyl groups is 1. The Morgan fingerprint density at radius 2 is 1.74 bits per heavy atom. The summed E-state index contributed by atoms with van der Waals surface area (Å²) in [6, 6.07) is 9.13. The van der Waals surface area contributed by atoms with E-state index in [1.54, 1.807) is 6.07 Å². The van der Waals surface area contributed by atoms with E-state index in [2.05, 4.69) is 15.0 Å². The predicted octanol–water partition coefficient (Wildman–Crippen LogP) is 3.26. The van der Waals surface area contributed by atoms with Crippen molar-refractivity contribution < 1.29 is 27.5 Å². The van der Waals surface area contributed by atoms with Crippen molar-refractivity contribution >= 4 is 5.71 Å². The third-order valence-corrected chi connectivity index (χ3v) is 3.45. The van der Waals surface area contributed by atoms with Crippen LogP contribution in [0.25, 0.3) is 11.1 Å². The lowest BCUT2D eigenvalue weighted by molar-refractivity contribution is -0.355. The van der Waals surface area contributed by atoms with Gasteiger partial charge in [0.1, 0.15) is 0 Å². The predicted molar refractivity (Wildman–Crippen MR) is 72.9 cm³/mol. The van der Waals surface area contributed by atoms with Crippen LogP contribution in [-0.4, -0.2) is 27.8 Å². The minimum Gasteiger partial charge on any atom is -0.350 e. The number of hydrogen-bond acceptors (Lipinski definition) is 4. The van der Waals surface area contributed by atoms with Gasteiger partial charge in [-0.1, -0.05) is 29.4 Å². The van der Waals surface area contributed by atoms with Crippen molar-refractivity contribution in [3.05, 3.63) is 54.1 Å². The summed E-state index contributed by atoms with van der Waals surface area (Å²) in [6.45, 7) is 0. The van der Waals surface area contributed by atoms with E-state index >= 15 is 0 Å². The first-order valence-electron chi connectivity index (χ1n) is 6.56. The zero-order valence-corrected chi connectivity index (χ0v) is 11.5. The van der Waals surface area contributed by atoms with Gasteiger partial charge < -0.3 is 9.94 Å². The van der Waals surface area contributed by atoms with E-state index in [1.165, 1.54) is 36.5 Å². The molecule has 0 radical (unpaired) electrons. The van der Waals surface area contributed by atoms with E-state index in [9.17, 15) is 22.7 Å². The van der Waals surface area contributed by atoms with E-state index in [1.807, 2.05) is 0 Å². The quantitative estimate of drug-likeness (QED) is 0.681.